The molecule has 108 valence electrons. The van der Waals surface area contributed by atoms with Gasteiger partial charge in [0.2, 0.25) is 10.0 Å². The fraction of sp³-hybridized carbons (Fsp3) is 0.308. The molecule has 0 unspecified atom stereocenters. The number of hydrogen-bond acceptors (Lipinski definition) is 4. The number of nitrogens with two attached hydrogens (primary N) is 1. The van der Waals surface area contributed by atoms with E-state index in [-0.39, 0.29) is 4.90 Å². The van der Waals surface area contributed by atoms with Crippen LogP contribution in [0, 0.1) is 0 Å². The van der Waals surface area contributed by atoms with Crippen LogP contribution in [0.4, 0.5) is 0 Å². The average molecular weight is 294 g/mol. The van der Waals surface area contributed by atoms with Crippen LogP contribution in [-0.4, -0.2) is 24.5 Å². The van der Waals surface area contributed by atoms with Crippen LogP contribution in [0.15, 0.2) is 41.7 Å². The number of nitrogens with one attached hydrogen (secondary N) is 1. The maximum absolute atomic E-state index is 11.2. The lowest BCUT2D eigenvalue weighted by Gasteiger charge is -2.09. The second-order valence-corrected chi connectivity index (χ2v) is 6.04. The summed E-state index contributed by atoms with van der Waals surface area (Å²) in [6.07, 6.45) is 3.58. The molecule has 0 saturated heterocycles. The quantitative estimate of drug-likeness (QED) is 0.820. The van der Waals surface area contributed by atoms with Crippen molar-refractivity contribution in [3.05, 3.63) is 48.0 Å². The summed E-state index contributed by atoms with van der Waals surface area (Å²) in [5.74, 6) is 0. The number of aromatic nitrogens is 2. The number of sulfonamides is 1. The Morgan fingerprint density at radius 3 is 2.60 bits per heavy atom. The van der Waals surface area contributed by atoms with Gasteiger partial charge in [-0.2, -0.15) is 0 Å². The van der Waals surface area contributed by atoms with E-state index in [0.717, 1.165) is 24.3 Å². The molecule has 20 heavy (non-hydrogen) atoms. The van der Waals surface area contributed by atoms with Crippen LogP contribution in [0.5, 0.6) is 0 Å². The van der Waals surface area contributed by atoms with E-state index in [0.29, 0.717) is 6.54 Å². The molecule has 3 N–H and O–H groups in total. The standard InChI is InChI=1S/C13H18N4O2S/c1-2-15-7-12-8-16-10-17(12)9-11-3-5-13(6-4-11)20(14,18)19/h3-6,8,10,15H,2,7,9H2,1H3,(H2,14,18,19). The summed E-state index contributed by atoms with van der Waals surface area (Å²) in [5, 5.41) is 8.32. The first-order valence-electron chi connectivity index (χ1n) is 6.32. The molecule has 7 heteroatoms. The van der Waals surface area contributed by atoms with Crippen molar-refractivity contribution in [2.24, 2.45) is 5.14 Å². The minimum atomic E-state index is -3.63. The molecular weight excluding hydrogens is 276 g/mol. The lowest BCUT2D eigenvalue weighted by atomic mass is 10.2. The van der Waals surface area contributed by atoms with Crippen molar-refractivity contribution in [1.82, 2.24) is 14.9 Å². The van der Waals surface area contributed by atoms with Gasteiger partial charge in [-0.15, -0.1) is 0 Å². The SMILES string of the molecule is CCNCc1cncn1Cc1ccc(S(N)(=O)=O)cc1. The van der Waals surface area contributed by atoms with Gasteiger partial charge in [-0.3, -0.25) is 0 Å². The summed E-state index contributed by atoms with van der Waals surface area (Å²) in [7, 11) is -3.63. The number of primary sulfonamides is 1. The van der Waals surface area contributed by atoms with E-state index >= 15 is 0 Å². The molecule has 0 aliphatic rings. The number of nitrogens with zero attached hydrogens (tertiary/aromatic N) is 2. The topological polar surface area (TPSA) is 90.0 Å². The van der Waals surface area contributed by atoms with Gasteiger partial charge in [0.15, 0.2) is 0 Å². The summed E-state index contributed by atoms with van der Waals surface area (Å²) in [6.45, 7) is 4.35. The average Bonchev–Trinajstić information content (AvgIpc) is 2.83. The highest BCUT2D eigenvalue weighted by molar-refractivity contribution is 7.89. The summed E-state index contributed by atoms with van der Waals surface area (Å²) in [5.41, 5.74) is 2.08. The Balaban J connectivity index is 2.12. The van der Waals surface area contributed by atoms with Crippen molar-refractivity contribution in [1.29, 1.82) is 0 Å². The molecule has 1 aromatic carbocycles. The second-order valence-electron chi connectivity index (χ2n) is 4.48. The number of benzene rings is 1. The predicted molar refractivity (Wildman–Crippen MR) is 76.5 cm³/mol. The second kappa shape index (κ2) is 6.17. The molecule has 0 radical (unpaired) electrons. The molecular formula is C13H18N4O2S. The Morgan fingerprint density at radius 2 is 2.00 bits per heavy atom. The molecule has 0 amide bonds. The maximum Gasteiger partial charge on any atom is 0.238 e. The van der Waals surface area contributed by atoms with Gasteiger partial charge in [-0.25, -0.2) is 18.5 Å². The third-order valence-electron chi connectivity index (χ3n) is 2.96. The van der Waals surface area contributed by atoms with E-state index in [1.165, 1.54) is 12.1 Å². The number of hydrogen-bond donors (Lipinski definition) is 2. The van der Waals surface area contributed by atoms with Crippen LogP contribution >= 0.6 is 0 Å². The zero-order valence-corrected chi connectivity index (χ0v) is 12.1. The van der Waals surface area contributed by atoms with Crippen LogP contribution in [0.3, 0.4) is 0 Å². The summed E-state index contributed by atoms with van der Waals surface area (Å²) in [6, 6.07) is 6.56. The van der Waals surface area contributed by atoms with Crippen LogP contribution in [0.1, 0.15) is 18.2 Å². The Morgan fingerprint density at radius 1 is 1.30 bits per heavy atom. The highest BCUT2D eigenvalue weighted by atomic mass is 32.2. The summed E-state index contributed by atoms with van der Waals surface area (Å²) >= 11 is 0. The maximum atomic E-state index is 11.2. The first kappa shape index (κ1) is 14.7. The van der Waals surface area contributed by atoms with E-state index in [9.17, 15) is 8.42 Å². The van der Waals surface area contributed by atoms with Crippen molar-refractivity contribution < 1.29 is 8.42 Å². The largest absolute Gasteiger partial charge is 0.329 e. The van der Waals surface area contributed by atoms with Gasteiger partial charge >= 0.3 is 0 Å². The highest BCUT2D eigenvalue weighted by Gasteiger charge is 2.07. The van der Waals surface area contributed by atoms with Crippen LogP contribution in [0.2, 0.25) is 0 Å². The first-order valence-corrected chi connectivity index (χ1v) is 7.87. The van der Waals surface area contributed by atoms with Gasteiger partial charge in [0, 0.05) is 19.3 Å². The lowest BCUT2D eigenvalue weighted by Crippen LogP contribution is -2.15. The van der Waals surface area contributed by atoms with Crippen molar-refractivity contribution in [3.63, 3.8) is 0 Å². The van der Waals surface area contributed by atoms with E-state index in [4.69, 9.17) is 5.14 Å². The molecule has 0 spiro atoms. The molecule has 1 aromatic heterocycles. The normalized spacial score (nSPS) is 11.7. The smallest absolute Gasteiger partial charge is 0.238 e. The van der Waals surface area contributed by atoms with E-state index in [1.807, 2.05) is 17.7 Å². The van der Waals surface area contributed by atoms with E-state index in [2.05, 4.69) is 10.3 Å². The van der Waals surface area contributed by atoms with E-state index in [1.54, 1.807) is 18.5 Å². The molecule has 1 heterocycles. The zero-order valence-electron chi connectivity index (χ0n) is 11.3. The van der Waals surface area contributed by atoms with Gasteiger partial charge in [0.05, 0.1) is 16.9 Å². The molecule has 0 saturated carbocycles. The number of rotatable bonds is 6. The molecule has 2 rings (SSSR count). The Bertz CT molecular complexity index is 662. The summed E-state index contributed by atoms with van der Waals surface area (Å²) < 4.78 is 24.4. The molecule has 0 aliphatic carbocycles. The minimum Gasteiger partial charge on any atom is -0.329 e. The Hall–Kier alpha value is -1.70. The van der Waals surface area contributed by atoms with Crippen LogP contribution in [0.25, 0.3) is 0 Å². The van der Waals surface area contributed by atoms with Crippen molar-refractivity contribution in [2.45, 2.75) is 24.9 Å². The van der Waals surface area contributed by atoms with Gasteiger partial charge < -0.3 is 9.88 Å². The van der Waals surface area contributed by atoms with Crippen molar-refractivity contribution in [3.8, 4) is 0 Å². The Labute approximate surface area is 118 Å². The van der Waals surface area contributed by atoms with Gasteiger partial charge in [0.25, 0.3) is 0 Å². The Kier molecular flexibility index (Phi) is 4.53. The lowest BCUT2D eigenvalue weighted by molar-refractivity contribution is 0.597. The molecule has 0 bridgehead atoms. The van der Waals surface area contributed by atoms with Gasteiger partial charge in [-0.1, -0.05) is 19.1 Å². The summed E-state index contributed by atoms with van der Waals surface area (Å²) in [4.78, 5) is 4.26. The van der Waals surface area contributed by atoms with Gasteiger partial charge in [-0.05, 0) is 24.2 Å². The van der Waals surface area contributed by atoms with Crippen LogP contribution in [-0.2, 0) is 23.1 Å². The third kappa shape index (κ3) is 3.66. The number of imidazole rings is 1. The highest BCUT2D eigenvalue weighted by Crippen LogP contribution is 2.11. The third-order valence-corrected chi connectivity index (χ3v) is 3.89. The monoisotopic (exact) mass is 294 g/mol. The predicted octanol–water partition coefficient (Wildman–Crippen LogP) is 0.688. The molecule has 0 atom stereocenters. The van der Waals surface area contributed by atoms with Crippen molar-refractivity contribution in [2.75, 3.05) is 6.54 Å². The molecule has 6 nitrogen and oxygen atoms in total. The molecule has 2 aromatic rings. The van der Waals surface area contributed by atoms with Crippen molar-refractivity contribution >= 4 is 10.0 Å². The fourth-order valence-corrected chi connectivity index (χ4v) is 2.39. The first-order chi connectivity index (χ1) is 9.50. The molecule has 0 aliphatic heterocycles. The van der Waals surface area contributed by atoms with E-state index < -0.39 is 10.0 Å². The fourth-order valence-electron chi connectivity index (χ4n) is 1.87. The molecule has 0 fully saturated rings. The van der Waals surface area contributed by atoms with Crippen LogP contribution < -0.4 is 10.5 Å². The van der Waals surface area contributed by atoms with Gasteiger partial charge in [0.1, 0.15) is 0 Å². The minimum absolute atomic E-state index is 0.125. The zero-order chi connectivity index (χ0) is 14.6.